The largest absolute Gasteiger partial charge is 0.497 e. The second-order valence-electron chi connectivity index (χ2n) is 6.61. The molecule has 156 valence electrons. The molecule has 30 heavy (non-hydrogen) atoms. The summed E-state index contributed by atoms with van der Waals surface area (Å²) in [5, 5.41) is 12.0. The van der Waals surface area contributed by atoms with E-state index in [2.05, 4.69) is 15.3 Å². The number of pyridine rings is 2. The summed E-state index contributed by atoms with van der Waals surface area (Å²) in [4.78, 5) is 21.3. The molecule has 0 spiro atoms. The number of hydrogen-bond acceptors (Lipinski definition) is 6. The number of methoxy groups -OCH3 is 1. The Morgan fingerprint density at radius 1 is 1.17 bits per heavy atom. The molecule has 0 aliphatic carbocycles. The van der Waals surface area contributed by atoms with E-state index in [-0.39, 0.29) is 22.4 Å². The Morgan fingerprint density at radius 3 is 2.57 bits per heavy atom. The van der Waals surface area contributed by atoms with E-state index in [1.807, 2.05) is 19.1 Å². The molecule has 0 fully saturated rings. The van der Waals surface area contributed by atoms with E-state index in [4.69, 9.17) is 4.74 Å². The Hall–Kier alpha value is -3.10. The maximum atomic E-state index is 13.2. The van der Waals surface area contributed by atoms with Crippen LogP contribution in [-0.2, 0) is 17.4 Å². The number of ether oxygens (including phenoxy) is 1. The summed E-state index contributed by atoms with van der Waals surface area (Å²) in [5.74, 6) is 0.288. The van der Waals surface area contributed by atoms with E-state index >= 15 is 0 Å². The summed E-state index contributed by atoms with van der Waals surface area (Å²) in [7, 11) is 0.0324. The SMILES string of the molecule is COc1ccc(C(C)S(=O)c2ncccc2C(=O)Nc2ccnc(CO)c2C)cc1. The molecule has 0 saturated carbocycles. The average Bonchev–Trinajstić information content (AvgIpc) is 2.79. The minimum Gasteiger partial charge on any atom is -0.497 e. The lowest BCUT2D eigenvalue weighted by molar-refractivity contribution is 0.102. The van der Waals surface area contributed by atoms with E-state index in [9.17, 15) is 14.1 Å². The molecule has 3 rings (SSSR count). The Balaban J connectivity index is 1.88. The van der Waals surface area contributed by atoms with Gasteiger partial charge in [0.1, 0.15) is 10.8 Å². The Kier molecular flexibility index (Phi) is 6.91. The number of carbonyl (C=O) groups is 1. The van der Waals surface area contributed by atoms with Crippen LogP contribution in [0.5, 0.6) is 5.75 Å². The van der Waals surface area contributed by atoms with Gasteiger partial charge in [-0.15, -0.1) is 0 Å². The van der Waals surface area contributed by atoms with Crippen molar-refractivity contribution in [2.24, 2.45) is 0 Å². The second kappa shape index (κ2) is 9.60. The molecule has 0 aliphatic rings. The van der Waals surface area contributed by atoms with E-state index in [1.165, 1.54) is 12.4 Å². The molecule has 3 aromatic rings. The number of rotatable bonds is 7. The van der Waals surface area contributed by atoms with Gasteiger partial charge in [0.25, 0.3) is 5.91 Å². The zero-order valence-electron chi connectivity index (χ0n) is 17.0. The van der Waals surface area contributed by atoms with Crippen LogP contribution < -0.4 is 10.1 Å². The highest BCUT2D eigenvalue weighted by atomic mass is 32.2. The van der Waals surface area contributed by atoms with Gasteiger partial charge in [-0.2, -0.15) is 0 Å². The molecule has 2 aromatic heterocycles. The third-order valence-electron chi connectivity index (χ3n) is 4.82. The number of nitrogens with one attached hydrogen (secondary N) is 1. The predicted octanol–water partition coefficient (Wildman–Crippen LogP) is 3.41. The molecule has 7 nitrogen and oxygen atoms in total. The van der Waals surface area contributed by atoms with Crippen molar-refractivity contribution in [3.63, 3.8) is 0 Å². The lowest BCUT2D eigenvalue weighted by atomic mass is 10.1. The summed E-state index contributed by atoms with van der Waals surface area (Å²) in [6.45, 7) is 3.37. The van der Waals surface area contributed by atoms with Crippen molar-refractivity contribution in [2.75, 3.05) is 12.4 Å². The van der Waals surface area contributed by atoms with Gasteiger partial charge in [0.2, 0.25) is 0 Å². The van der Waals surface area contributed by atoms with Crippen molar-refractivity contribution < 1.29 is 18.8 Å². The van der Waals surface area contributed by atoms with Crippen molar-refractivity contribution in [1.29, 1.82) is 0 Å². The van der Waals surface area contributed by atoms with Gasteiger partial charge in [0, 0.05) is 18.1 Å². The quantitative estimate of drug-likeness (QED) is 0.602. The molecule has 0 saturated heterocycles. The van der Waals surface area contributed by atoms with Crippen LogP contribution in [0.2, 0.25) is 0 Å². The lowest BCUT2D eigenvalue weighted by Crippen LogP contribution is -2.18. The van der Waals surface area contributed by atoms with Crippen molar-refractivity contribution in [3.05, 3.63) is 77.2 Å². The third-order valence-corrected chi connectivity index (χ3v) is 6.44. The fraction of sp³-hybridized carbons (Fsp3) is 0.227. The molecule has 2 N–H and O–H groups in total. The number of aliphatic hydroxyl groups is 1. The number of hydrogen-bond donors (Lipinski definition) is 2. The number of aromatic nitrogens is 2. The number of benzene rings is 1. The zero-order chi connectivity index (χ0) is 21.7. The van der Waals surface area contributed by atoms with Gasteiger partial charge >= 0.3 is 0 Å². The van der Waals surface area contributed by atoms with E-state index in [0.29, 0.717) is 22.7 Å². The summed E-state index contributed by atoms with van der Waals surface area (Å²) >= 11 is 0. The van der Waals surface area contributed by atoms with Crippen LogP contribution in [-0.4, -0.2) is 32.3 Å². The normalized spacial score (nSPS) is 12.8. The first-order valence-electron chi connectivity index (χ1n) is 9.32. The number of nitrogens with zero attached hydrogens (tertiary/aromatic N) is 2. The standard InChI is InChI=1S/C22H23N3O4S/c1-14-19(10-12-23-20(14)13-26)25-21(27)18-5-4-11-24-22(18)30(28)15(2)16-6-8-17(29-3)9-7-16/h4-12,15,26H,13H2,1-3H3,(H,23,25,27). The maximum absolute atomic E-state index is 13.2. The molecular weight excluding hydrogens is 402 g/mol. The van der Waals surface area contributed by atoms with Crippen LogP contribution in [0.25, 0.3) is 0 Å². The lowest BCUT2D eigenvalue weighted by Gasteiger charge is -2.15. The second-order valence-corrected chi connectivity index (χ2v) is 8.30. The fourth-order valence-corrected chi connectivity index (χ4v) is 4.23. The van der Waals surface area contributed by atoms with Crippen LogP contribution in [0.15, 0.2) is 59.9 Å². The van der Waals surface area contributed by atoms with Crippen molar-refractivity contribution >= 4 is 22.4 Å². The summed E-state index contributed by atoms with van der Waals surface area (Å²) in [6.07, 6.45) is 3.04. The number of carbonyl (C=O) groups excluding carboxylic acids is 1. The zero-order valence-corrected chi connectivity index (χ0v) is 17.8. The van der Waals surface area contributed by atoms with Gasteiger partial charge in [-0.05, 0) is 55.3 Å². The summed E-state index contributed by atoms with van der Waals surface area (Å²) < 4.78 is 18.4. The van der Waals surface area contributed by atoms with Gasteiger partial charge in [0.15, 0.2) is 0 Å². The minimum absolute atomic E-state index is 0.215. The Morgan fingerprint density at radius 2 is 1.90 bits per heavy atom. The van der Waals surface area contributed by atoms with E-state index < -0.39 is 16.7 Å². The maximum Gasteiger partial charge on any atom is 0.258 e. The third kappa shape index (κ3) is 4.55. The van der Waals surface area contributed by atoms with Crippen LogP contribution in [0, 0.1) is 6.92 Å². The number of amides is 1. The average molecular weight is 426 g/mol. The van der Waals surface area contributed by atoms with Crippen molar-refractivity contribution in [1.82, 2.24) is 9.97 Å². The highest BCUT2D eigenvalue weighted by molar-refractivity contribution is 7.85. The van der Waals surface area contributed by atoms with Crippen LogP contribution in [0.4, 0.5) is 5.69 Å². The van der Waals surface area contributed by atoms with Crippen molar-refractivity contribution in [2.45, 2.75) is 30.7 Å². The summed E-state index contributed by atoms with van der Waals surface area (Å²) in [6, 6.07) is 12.2. The molecule has 0 aliphatic heterocycles. The van der Waals surface area contributed by atoms with Gasteiger partial charge in [-0.3, -0.25) is 14.0 Å². The van der Waals surface area contributed by atoms with Gasteiger partial charge in [0.05, 0.1) is 41.0 Å². The van der Waals surface area contributed by atoms with Gasteiger partial charge in [-0.1, -0.05) is 12.1 Å². The van der Waals surface area contributed by atoms with Gasteiger partial charge in [-0.25, -0.2) is 4.98 Å². The molecule has 2 atom stereocenters. The molecule has 1 amide bonds. The Bertz CT molecular complexity index is 1070. The molecule has 0 radical (unpaired) electrons. The highest BCUT2D eigenvalue weighted by Gasteiger charge is 2.23. The molecule has 1 aromatic carbocycles. The monoisotopic (exact) mass is 425 g/mol. The van der Waals surface area contributed by atoms with Crippen molar-refractivity contribution in [3.8, 4) is 5.75 Å². The number of anilines is 1. The predicted molar refractivity (Wildman–Crippen MR) is 115 cm³/mol. The first kappa shape index (κ1) is 21.6. The van der Waals surface area contributed by atoms with Crippen LogP contribution in [0.3, 0.4) is 0 Å². The fourth-order valence-electron chi connectivity index (χ4n) is 2.95. The molecule has 2 unspecified atom stereocenters. The highest BCUT2D eigenvalue weighted by Crippen LogP contribution is 2.28. The van der Waals surface area contributed by atoms with E-state index in [1.54, 1.807) is 44.4 Å². The first-order valence-corrected chi connectivity index (χ1v) is 10.5. The minimum atomic E-state index is -1.55. The molecule has 0 bridgehead atoms. The first-order chi connectivity index (χ1) is 14.5. The number of aliphatic hydroxyl groups excluding tert-OH is 1. The van der Waals surface area contributed by atoms with Crippen LogP contribution in [0.1, 0.15) is 39.4 Å². The summed E-state index contributed by atoms with van der Waals surface area (Å²) in [5.41, 5.74) is 2.77. The molecule has 8 heteroatoms. The Labute approximate surface area is 177 Å². The molecule has 2 heterocycles. The van der Waals surface area contributed by atoms with Gasteiger partial charge < -0.3 is 15.2 Å². The van der Waals surface area contributed by atoms with Crippen LogP contribution >= 0.6 is 0 Å². The molecular formula is C22H23N3O4S. The van der Waals surface area contributed by atoms with E-state index in [0.717, 1.165) is 5.56 Å². The topological polar surface area (TPSA) is 101 Å². The smallest absolute Gasteiger partial charge is 0.258 e.